The van der Waals surface area contributed by atoms with Crippen LogP contribution in [-0.4, -0.2) is 31.3 Å². The number of anilines is 1. The first-order valence-electron chi connectivity index (χ1n) is 6.30. The molecule has 1 aromatic rings. The van der Waals surface area contributed by atoms with Crippen LogP contribution in [0.3, 0.4) is 0 Å². The predicted molar refractivity (Wildman–Crippen MR) is 71.7 cm³/mol. The number of hydrogen-bond acceptors (Lipinski definition) is 5. The summed E-state index contributed by atoms with van der Waals surface area (Å²) in [4.78, 5) is 10.7. The van der Waals surface area contributed by atoms with Gasteiger partial charge in [0.15, 0.2) is 5.75 Å². The molecule has 6 nitrogen and oxygen atoms in total. The third-order valence-electron chi connectivity index (χ3n) is 3.49. The van der Waals surface area contributed by atoms with E-state index in [-0.39, 0.29) is 17.5 Å². The molecule has 0 aliphatic carbocycles. The molecule has 2 unspecified atom stereocenters. The van der Waals surface area contributed by atoms with Crippen molar-refractivity contribution in [3.63, 3.8) is 0 Å². The summed E-state index contributed by atoms with van der Waals surface area (Å²) in [6.45, 7) is 3.45. The number of methoxy groups -OCH3 is 1. The maximum absolute atomic E-state index is 11.1. The smallest absolute Gasteiger partial charge is 0.333 e. The highest BCUT2D eigenvalue weighted by atomic mass is 16.6. The molecule has 0 aromatic heterocycles. The van der Waals surface area contributed by atoms with Crippen molar-refractivity contribution in [1.82, 2.24) is 0 Å². The van der Waals surface area contributed by atoms with E-state index in [4.69, 9.17) is 9.47 Å². The highest BCUT2D eigenvalue weighted by Gasteiger charge is 2.26. The fraction of sp³-hybridized carbons (Fsp3) is 0.538. The van der Waals surface area contributed by atoms with Crippen LogP contribution in [-0.2, 0) is 4.74 Å². The Kier molecular flexibility index (Phi) is 4.21. The summed E-state index contributed by atoms with van der Waals surface area (Å²) in [7, 11) is 1.43. The van der Waals surface area contributed by atoms with Crippen molar-refractivity contribution in [3.8, 4) is 5.75 Å². The van der Waals surface area contributed by atoms with E-state index in [0.29, 0.717) is 18.2 Å². The molecule has 2 rings (SSSR count). The van der Waals surface area contributed by atoms with Gasteiger partial charge in [-0.3, -0.25) is 10.1 Å². The van der Waals surface area contributed by atoms with E-state index >= 15 is 0 Å². The molecule has 6 heteroatoms. The second-order valence-electron chi connectivity index (χ2n) is 4.62. The number of ether oxygens (including phenoxy) is 2. The molecular weight excluding hydrogens is 248 g/mol. The Morgan fingerprint density at radius 1 is 1.58 bits per heavy atom. The number of para-hydroxylation sites is 1. The van der Waals surface area contributed by atoms with E-state index in [0.717, 1.165) is 13.0 Å². The van der Waals surface area contributed by atoms with Gasteiger partial charge in [-0.1, -0.05) is 6.07 Å². The Bertz CT molecular complexity index is 464. The lowest BCUT2D eigenvalue weighted by molar-refractivity contribution is -0.384. The number of nitro groups is 1. The summed E-state index contributed by atoms with van der Waals surface area (Å²) in [6.07, 6.45) is 1.17. The third-order valence-corrected chi connectivity index (χ3v) is 3.49. The number of hydrogen-bond donors (Lipinski definition) is 1. The molecule has 19 heavy (non-hydrogen) atoms. The van der Waals surface area contributed by atoms with Crippen LogP contribution in [0.4, 0.5) is 11.4 Å². The van der Waals surface area contributed by atoms with E-state index in [1.54, 1.807) is 18.2 Å². The highest BCUT2D eigenvalue weighted by molar-refractivity contribution is 5.68. The van der Waals surface area contributed by atoms with Crippen LogP contribution in [0.25, 0.3) is 0 Å². The fourth-order valence-electron chi connectivity index (χ4n) is 2.30. The minimum atomic E-state index is -0.421. The minimum Gasteiger partial charge on any atom is -0.490 e. The van der Waals surface area contributed by atoms with Gasteiger partial charge in [0.2, 0.25) is 0 Å². The Morgan fingerprint density at radius 2 is 2.37 bits per heavy atom. The van der Waals surface area contributed by atoms with Crippen LogP contribution in [0.5, 0.6) is 5.75 Å². The van der Waals surface area contributed by atoms with Gasteiger partial charge in [0.05, 0.1) is 18.1 Å². The molecule has 1 aromatic carbocycles. The molecule has 1 fully saturated rings. The molecule has 1 heterocycles. The predicted octanol–water partition coefficient (Wildman–Crippen LogP) is 2.44. The second-order valence-corrected chi connectivity index (χ2v) is 4.62. The number of nitro benzene ring substituents is 1. The van der Waals surface area contributed by atoms with Gasteiger partial charge in [-0.2, -0.15) is 0 Å². The van der Waals surface area contributed by atoms with Crippen LogP contribution < -0.4 is 10.1 Å². The van der Waals surface area contributed by atoms with Gasteiger partial charge in [-0.05, 0) is 25.5 Å². The number of rotatable bonds is 5. The fourth-order valence-corrected chi connectivity index (χ4v) is 2.30. The summed E-state index contributed by atoms with van der Waals surface area (Å²) in [5, 5.41) is 14.3. The average molecular weight is 266 g/mol. The number of benzene rings is 1. The average Bonchev–Trinajstić information content (AvgIpc) is 2.81. The van der Waals surface area contributed by atoms with E-state index in [9.17, 15) is 10.1 Å². The molecule has 1 aliphatic rings. The van der Waals surface area contributed by atoms with Gasteiger partial charge in [-0.15, -0.1) is 0 Å². The highest BCUT2D eigenvalue weighted by Crippen LogP contribution is 2.35. The minimum absolute atomic E-state index is 0.0171. The summed E-state index contributed by atoms with van der Waals surface area (Å²) in [5.41, 5.74) is 0.472. The monoisotopic (exact) mass is 266 g/mol. The van der Waals surface area contributed by atoms with Crippen molar-refractivity contribution in [1.29, 1.82) is 0 Å². The summed E-state index contributed by atoms with van der Waals surface area (Å²) in [6, 6.07) is 5.02. The van der Waals surface area contributed by atoms with Gasteiger partial charge in [0.1, 0.15) is 5.69 Å². The van der Waals surface area contributed by atoms with E-state index in [1.807, 2.05) is 6.92 Å². The maximum Gasteiger partial charge on any atom is 0.333 e. The van der Waals surface area contributed by atoms with Crippen LogP contribution in [0.1, 0.15) is 13.3 Å². The molecule has 0 bridgehead atoms. The van der Waals surface area contributed by atoms with Crippen LogP contribution in [0.2, 0.25) is 0 Å². The Morgan fingerprint density at radius 3 is 2.95 bits per heavy atom. The lowest BCUT2D eigenvalue weighted by Gasteiger charge is -2.16. The Hall–Kier alpha value is -1.82. The van der Waals surface area contributed by atoms with Gasteiger partial charge < -0.3 is 14.8 Å². The van der Waals surface area contributed by atoms with E-state index in [2.05, 4.69) is 5.32 Å². The number of nitrogens with zero attached hydrogens (tertiary/aromatic N) is 1. The summed E-state index contributed by atoms with van der Waals surface area (Å²) in [5.74, 6) is 0.650. The molecule has 2 atom stereocenters. The molecule has 1 aliphatic heterocycles. The standard InChI is InChI=1S/C13H18N2O4/c1-9-10(6-7-19-9)8-14-11-4-3-5-12(18-2)13(11)15(16)17/h3-5,9-10,14H,6-8H2,1-2H3. The molecule has 1 saturated heterocycles. The van der Waals surface area contributed by atoms with Crippen molar-refractivity contribution in [3.05, 3.63) is 28.3 Å². The van der Waals surface area contributed by atoms with Crippen LogP contribution >= 0.6 is 0 Å². The molecule has 1 N–H and O–H groups in total. The largest absolute Gasteiger partial charge is 0.490 e. The van der Waals surface area contributed by atoms with Gasteiger partial charge in [-0.25, -0.2) is 0 Å². The van der Waals surface area contributed by atoms with Crippen molar-refractivity contribution in [2.75, 3.05) is 25.6 Å². The van der Waals surface area contributed by atoms with Crippen molar-refractivity contribution >= 4 is 11.4 Å². The van der Waals surface area contributed by atoms with Gasteiger partial charge in [0, 0.05) is 19.1 Å². The summed E-state index contributed by atoms with van der Waals surface area (Å²) < 4.78 is 10.5. The second kappa shape index (κ2) is 5.88. The quantitative estimate of drug-likeness (QED) is 0.654. The molecular formula is C13H18N2O4. The lowest BCUT2D eigenvalue weighted by Crippen LogP contribution is -2.21. The Labute approximate surface area is 111 Å². The topological polar surface area (TPSA) is 73.6 Å². The van der Waals surface area contributed by atoms with Crippen LogP contribution in [0.15, 0.2) is 18.2 Å². The zero-order valence-corrected chi connectivity index (χ0v) is 11.1. The zero-order valence-electron chi connectivity index (χ0n) is 11.1. The molecule has 0 amide bonds. The Balaban J connectivity index is 2.13. The molecule has 0 spiro atoms. The first-order chi connectivity index (χ1) is 9.13. The molecule has 104 valence electrons. The maximum atomic E-state index is 11.1. The number of nitrogens with one attached hydrogen (secondary N) is 1. The third kappa shape index (κ3) is 2.96. The van der Waals surface area contributed by atoms with Crippen molar-refractivity contribution < 1.29 is 14.4 Å². The first-order valence-corrected chi connectivity index (χ1v) is 6.30. The van der Waals surface area contributed by atoms with Gasteiger partial charge in [0.25, 0.3) is 0 Å². The molecule has 0 radical (unpaired) electrons. The zero-order chi connectivity index (χ0) is 13.8. The van der Waals surface area contributed by atoms with Crippen LogP contribution in [0, 0.1) is 16.0 Å². The normalized spacial score (nSPS) is 22.2. The SMILES string of the molecule is COc1cccc(NCC2CCOC2C)c1[N+](=O)[O-]. The van der Waals surface area contributed by atoms with Crippen molar-refractivity contribution in [2.24, 2.45) is 5.92 Å². The lowest BCUT2D eigenvalue weighted by atomic mass is 10.0. The van der Waals surface area contributed by atoms with Gasteiger partial charge >= 0.3 is 5.69 Å². The first kappa shape index (κ1) is 13.6. The van der Waals surface area contributed by atoms with E-state index < -0.39 is 4.92 Å². The van der Waals surface area contributed by atoms with E-state index in [1.165, 1.54) is 7.11 Å². The molecule has 0 saturated carbocycles. The van der Waals surface area contributed by atoms with Crippen molar-refractivity contribution in [2.45, 2.75) is 19.4 Å². The summed E-state index contributed by atoms with van der Waals surface area (Å²) >= 11 is 0.